The predicted molar refractivity (Wildman–Crippen MR) is 162 cm³/mol. The molecule has 0 spiro atoms. The van der Waals surface area contributed by atoms with Crippen molar-refractivity contribution in [2.24, 2.45) is 0 Å². The zero-order valence-electron chi connectivity index (χ0n) is 25.9. The Kier molecular flexibility index (Phi) is 10.8. The van der Waals surface area contributed by atoms with Crippen molar-refractivity contribution in [3.8, 4) is 0 Å². The minimum absolute atomic E-state index is 0.00696. The van der Waals surface area contributed by atoms with Crippen LogP contribution >= 0.6 is 0 Å². The van der Waals surface area contributed by atoms with Crippen LogP contribution in [0, 0.1) is 0 Å². The van der Waals surface area contributed by atoms with E-state index in [9.17, 15) is 5.11 Å². The fourth-order valence-electron chi connectivity index (χ4n) is 6.07. The lowest BCUT2D eigenvalue weighted by molar-refractivity contribution is -0.264. The molecule has 2 aliphatic rings. The number of methoxy groups -OCH3 is 2. The monoisotopic (exact) mass is 608 g/mol. The third-order valence-corrected chi connectivity index (χ3v) is 8.04. The highest BCUT2D eigenvalue weighted by atomic mass is 16.8. The Morgan fingerprint density at radius 2 is 1.34 bits per heavy atom. The maximum Gasteiger partial charge on any atom is 0.192 e. The van der Waals surface area contributed by atoms with Gasteiger partial charge in [0.1, 0.15) is 18.3 Å². The van der Waals surface area contributed by atoms with Crippen LogP contribution in [0.25, 0.3) is 0 Å². The van der Waals surface area contributed by atoms with Crippen molar-refractivity contribution in [3.05, 3.63) is 108 Å². The van der Waals surface area contributed by atoms with Crippen LogP contribution in [-0.2, 0) is 57.7 Å². The van der Waals surface area contributed by atoms with E-state index in [0.29, 0.717) is 6.61 Å². The van der Waals surface area contributed by atoms with Crippen LogP contribution in [0.1, 0.15) is 30.5 Å². The molecule has 0 saturated carbocycles. The van der Waals surface area contributed by atoms with Gasteiger partial charge in [0.2, 0.25) is 0 Å². The first kappa shape index (κ1) is 32.7. The molecule has 0 amide bonds. The molecular weight excluding hydrogens is 564 g/mol. The largest absolute Gasteiger partial charge is 0.381 e. The number of rotatable bonds is 15. The van der Waals surface area contributed by atoms with Crippen molar-refractivity contribution in [2.75, 3.05) is 34.0 Å². The number of aliphatic hydroxyl groups is 1. The van der Waals surface area contributed by atoms with E-state index in [1.165, 1.54) is 14.2 Å². The fraction of sp³-hybridized carbons (Fsp3) is 0.486. The summed E-state index contributed by atoms with van der Waals surface area (Å²) in [6.07, 6.45) is -3.55. The van der Waals surface area contributed by atoms with Gasteiger partial charge in [0.25, 0.3) is 0 Å². The molecule has 5 rings (SSSR count). The molecule has 0 aromatic heterocycles. The van der Waals surface area contributed by atoms with E-state index in [0.717, 1.165) is 16.7 Å². The Balaban J connectivity index is 1.57. The van der Waals surface area contributed by atoms with E-state index in [-0.39, 0.29) is 33.0 Å². The number of benzene rings is 3. The van der Waals surface area contributed by atoms with Crippen molar-refractivity contribution < 1.29 is 43.0 Å². The number of hydrogen-bond acceptors (Lipinski definition) is 9. The average Bonchev–Trinajstić information content (AvgIpc) is 3.51. The van der Waals surface area contributed by atoms with Gasteiger partial charge in [-0.05, 0) is 30.5 Å². The van der Waals surface area contributed by atoms with Crippen molar-refractivity contribution in [1.29, 1.82) is 0 Å². The normalized spacial score (nSPS) is 28.7. The lowest BCUT2D eigenvalue weighted by atomic mass is 9.81. The van der Waals surface area contributed by atoms with Crippen molar-refractivity contribution in [2.45, 2.75) is 75.3 Å². The maximum absolute atomic E-state index is 12.3. The van der Waals surface area contributed by atoms with Gasteiger partial charge < -0.3 is 43.0 Å². The van der Waals surface area contributed by atoms with E-state index in [1.807, 2.05) is 105 Å². The van der Waals surface area contributed by atoms with Gasteiger partial charge in [-0.15, -0.1) is 0 Å². The fourth-order valence-corrected chi connectivity index (χ4v) is 6.07. The van der Waals surface area contributed by atoms with Crippen LogP contribution in [0.4, 0.5) is 0 Å². The summed E-state index contributed by atoms with van der Waals surface area (Å²) in [5.41, 5.74) is -0.263. The Labute approximate surface area is 259 Å². The summed E-state index contributed by atoms with van der Waals surface area (Å²) in [4.78, 5) is 0. The zero-order chi connectivity index (χ0) is 31.0. The minimum atomic E-state index is -1.72. The first-order chi connectivity index (χ1) is 21.3. The summed E-state index contributed by atoms with van der Waals surface area (Å²) in [6.45, 7) is 4.57. The summed E-state index contributed by atoms with van der Waals surface area (Å²) < 4.78 is 50.4. The summed E-state index contributed by atoms with van der Waals surface area (Å²) in [5, 5.41) is 12.3. The second-order valence-corrected chi connectivity index (χ2v) is 11.8. The lowest BCUT2D eigenvalue weighted by Gasteiger charge is -2.43. The number of hydrogen-bond donors (Lipinski definition) is 1. The quantitative estimate of drug-likeness (QED) is 0.265. The third-order valence-electron chi connectivity index (χ3n) is 8.04. The van der Waals surface area contributed by atoms with E-state index in [1.54, 1.807) is 0 Å². The lowest BCUT2D eigenvalue weighted by Crippen LogP contribution is -2.65. The maximum atomic E-state index is 12.3. The minimum Gasteiger partial charge on any atom is -0.381 e. The molecule has 1 N–H and O–H groups in total. The van der Waals surface area contributed by atoms with Gasteiger partial charge in [-0.3, -0.25) is 0 Å². The van der Waals surface area contributed by atoms with E-state index in [2.05, 4.69) is 0 Å². The SMILES string of the molecule is COC[C@]1(O)[C@@H](OC)O[C@](COCc2ccccc2)([C@H](OCc2ccccc2)[C@H]2COC(C)(C)O2)[C@@H]1OCc1ccccc1. The first-order valence-corrected chi connectivity index (χ1v) is 15.0. The van der Waals surface area contributed by atoms with E-state index >= 15 is 0 Å². The van der Waals surface area contributed by atoms with Gasteiger partial charge in [0.05, 0.1) is 39.6 Å². The van der Waals surface area contributed by atoms with Crippen LogP contribution in [0.3, 0.4) is 0 Å². The van der Waals surface area contributed by atoms with Crippen LogP contribution < -0.4 is 0 Å². The van der Waals surface area contributed by atoms with Crippen LogP contribution in [-0.4, -0.2) is 80.7 Å². The van der Waals surface area contributed by atoms with Gasteiger partial charge in [-0.25, -0.2) is 0 Å². The van der Waals surface area contributed by atoms with Crippen molar-refractivity contribution in [1.82, 2.24) is 0 Å². The predicted octanol–water partition coefficient (Wildman–Crippen LogP) is 4.64. The Morgan fingerprint density at radius 3 is 1.86 bits per heavy atom. The molecule has 44 heavy (non-hydrogen) atoms. The van der Waals surface area contributed by atoms with Gasteiger partial charge in [-0.1, -0.05) is 91.0 Å². The molecule has 3 aromatic carbocycles. The molecule has 2 saturated heterocycles. The number of ether oxygens (including phenoxy) is 8. The molecule has 0 unspecified atom stereocenters. The van der Waals surface area contributed by atoms with Gasteiger partial charge >= 0.3 is 0 Å². The zero-order valence-corrected chi connectivity index (χ0v) is 25.9. The third kappa shape index (κ3) is 7.39. The van der Waals surface area contributed by atoms with Crippen molar-refractivity contribution in [3.63, 3.8) is 0 Å². The molecule has 2 aliphatic heterocycles. The van der Waals surface area contributed by atoms with Crippen LogP contribution in [0.2, 0.25) is 0 Å². The molecule has 0 aliphatic carbocycles. The molecular formula is C35H44O9. The van der Waals surface area contributed by atoms with Gasteiger partial charge in [0, 0.05) is 14.2 Å². The van der Waals surface area contributed by atoms with Crippen molar-refractivity contribution >= 4 is 0 Å². The Morgan fingerprint density at radius 1 is 0.773 bits per heavy atom. The second kappa shape index (κ2) is 14.6. The highest BCUT2D eigenvalue weighted by molar-refractivity contribution is 5.19. The average molecular weight is 609 g/mol. The van der Waals surface area contributed by atoms with E-state index in [4.69, 9.17) is 37.9 Å². The molecule has 2 heterocycles. The molecule has 238 valence electrons. The molecule has 2 fully saturated rings. The van der Waals surface area contributed by atoms with Gasteiger partial charge in [0.15, 0.2) is 23.3 Å². The standard InChI is InChI=1S/C35H44O9/c1-33(2)42-23-29(43-33)30(40-21-27-16-10-6-11-17-27)35(25-39-20-26-14-8-5-9-15-26)31(41-22-28-18-12-7-13-19-28)34(36,24-37-3)32(38-4)44-35/h5-19,29-32,36H,20-25H2,1-4H3/t29-,30-,31-,32+,34-,35-/m1/s1. The molecule has 6 atom stereocenters. The summed E-state index contributed by atoms with van der Waals surface area (Å²) in [6, 6.07) is 29.5. The Bertz CT molecular complexity index is 1280. The molecule has 9 heteroatoms. The highest BCUT2D eigenvalue weighted by Gasteiger charge is 2.70. The molecule has 0 radical (unpaired) electrons. The summed E-state index contributed by atoms with van der Waals surface area (Å²) in [5.74, 6) is -0.854. The smallest absolute Gasteiger partial charge is 0.192 e. The Hall–Kier alpha value is -2.70. The molecule has 0 bridgehead atoms. The van der Waals surface area contributed by atoms with Crippen LogP contribution in [0.15, 0.2) is 91.0 Å². The molecule has 9 nitrogen and oxygen atoms in total. The van der Waals surface area contributed by atoms with E-state index < -0.39 is 41.6 Å². The first-order valence-electron chi connectivity index (χ1n) is 15.0. The summed E-state index contributed by atoms with van der Waals surface area (Å²) >= 11 is 0. The molecule has 3 aromatic rings. The van der Waals surface area contributed by atoms with Gasteiger partial charge in [-0.2, -0.15) is 0 Å². The topological polar surface area (TPSA) is 94.1 Å². The summed E-state index contributed by atoms with van der Waals surface area (Å²) in [7, 11) is 3.00. The highest BCUT2D eigenvalue weighted by Crippen LogP contribution is 2.47. The second-order valence-electron chi connectivity index (χ2n) is 11.8. The van der Waals surface area contributed by atoms with Crippen LogP contribution in [0.5, 0.6) is 0 Å².